The van der Waals surface area contributed by atoms with E-state index in [4.69, 9.17) is 0 Å². The first-order valence-corrected chi connectivity index (χ1v) is 11.6. The molecule has 5 nitrogen and oxygen atoms in total. The number of aliphatic hydroxyl groups excluding tert-OH is 1. The second kappa shape index (κ2) is 8.91. The van der Waals surface area contributed by atoms with Gasteiger partial charge in [0.15, 0.2) is 0 Å². The van der Waals surface area contributed by atoms with Crippen molar-refractivity contribution in [3.63, 3.8) is 0 Å². The van der Waals surface area contributed by atoms with E-state index in [1.807, 2.05) is 24.3 Å². The number of aliphatic hydroxyl groups is 1. The molecule has 0 bridgehead atoms. The summed E-state index contributed by atoms with van der Waals surface area (Å²) in [5.41, 5.74) is 2.25. The smallest absolute Gasteiger partial charge is 0.390 e. The summed E-state index contributed by atoms with van der Waals surface area (Å²) in [5.74, 6) is 0.699. The molecule has 1 fully saturated rings. The molecule has 0 aliphatic heterocycles. The van der Waals surface area contributed by atoms with E-state index in [2.05, 4.69) is 15.3 Å². The number of amides is 1. The number of rotatable bonds is 4. The fraction of sp³-hybridized carbons (Fsp3) is 0.385. The second-order valence-electron chi connectivity index (χ2n) is 9.25. The number of carbonyl (C=O) groups is 1. The monoisotopic (exact) mass is 469 g/mol. The van der Waals surface area contributed by atoms with Crippen LogP contribution in [0.3, 0.4) is 0 Å². The van der Waals surface area contributed by atoms with Gasteiger partial charge in [0.05, 0.1) is 23.4 Å². The molecule has 1 heterocycles. The first-order chi connectivity index (χ1) is 16.3. The number of carbonyl (C=O) groups excluding carboxylic acids is 1. The van der Waals surface area contributed by atoms with Gasteiger partial charge in [0.1, 0.15) is 5.82 Å². The molecule has 1 saturated carbocycles. The lowest BCUT2D eigenvalue weighted by atomic mass is 9.81. The number of nitrogens with one attached hydrogen (secondary N) is 2. The van der Waals surface area contributed by atoms with Crippen LogP contribution in [0, 0.1) is 5.92 Å². The summed E-state index contributed by atoms with van der Waals surface area (Å²) in [5, 5.41) is 13.5. The maximum absolute atomic E-state index is 13.0. The Morgan fingerprint density at radius 2 is 1.82 bits per heavy atom. The van der Waals surface area contributed by atoms with Crippen molar-refractivity contribution < 1.29 is 23.1 Å². The molecule has 3 aromatic rings. The number of imidazole rings is 1. The van der Waals surface area contributed by atoms with Crippen molar-refractivity contribution in [1.82, 2.24) is 15.3 Å². The average molecular weight is 470 g/mol. The SMILES string of the molecule is O=C(NC1c2ccccc2CC1O)C1CCC(c2nc(-c3cccc(C(F)(F)F)c3)c[nH]2)CC1. The molecule has 34 heavy (non-hydrogen) atoms. The van der Waals surface area contributed by atoms with E-state index in [1.54, 1.807) is 12.3 Å². The Balaban J connectivity index is 1.20. The van der Waals surface area contributed by atoms with Gasteiger partial charge < -0.3 is 15.4 Å². The van der Waals surface area contributed by atoms with Crippen LogP contribution in [0.1, 0.15) is 60.2 Å². The summed E-state index contributed by atoms with van der Waals surface area (Å²) in [4.78, 5) is 20.6. The topological polar surface area (TPSA) is 78.0 Å². The Labute approximate surface area is 195 Å². The van der Waals surface area contributed by atoms with Crippen molar-refractivity contribution in [2.24, 2.45) is 5.92 Å². The molecular weight excluding hydrogens is 443 g/mol. The third kappa shape index (κ3) is 4.46. The Hall–Kier alpha value is -3.13. The van der Waals surface area contributed by atoms with Crippen LogP contribution >= 0.6 is 0 Å². The van der Waals surface area contributed by atoms with Crippen LogP contribution in [0.4, 0.5) is 13.2 Å². The Bertz CT molecular complexity index is 1180. The maximum Gasteiger partial charge on any atom is 0.416 e. The highest BCUT2D eigenvalue weighted by Gasteiger charge is 2.35. The highest BCUT2D eigenvalue weighted by Crippen LogP contribution is 2.37. The van der Waals surface area contributed by atoms with E-state index in [0.29, 0.717) is 30.5 Å². The summed E-state index contributed by atoms with van der Waals surface area (Å²) in [6.07, 6.45) is 0.0826. The van der Waals surface area contributed by atoms with Gasteiger partial charge in [-0.1, -0.05) is 36.4 Å². The zero-order valence-corrected chi connectivity index (χ0v) is 18.5. The molecule has 1 amide bonds. The summed E-state index contributed by atoms with van der Waals surface area (Å²) < 4.78 is 39.1. The van der Waals surface area contributed by atoms with Crippen LogP contribution in [-0.2, 0) is 17.4 Å². The largest absolute Gasteiger partial charge is 0.416 e. The van der Waals surface area contributed by atoms with Gasteiger partial charge in [-0.05, 0) is 48.9 Å². The van der Waals surface area contributed by atoms with Crippen LogP contribution in [-0.4, -0.2) is 27.1 Å². The molecule has 2 unspecified atom stereocenters. The Morgan fingerprint density at radius 1 is 1.06 bits per heavy atom. The normalized spacial score (nSPS) is 24.6. The van der Waals surface area contributed by atoms with Crippen LogP contribution < -0.4 is 5.32 Å². The molecule has 0 saturated heterocycles. The van der Waals surface area contributed by atoms with Crippen molar-refractivity contribution in [1.29, 1.82) is 0 Å². The number of fused-ring (bicyclic) bond motifs is 1. The van der Waals surface area contributed by atoms with Gasteiger partial charge in [0, 0.05) is 30.0 Å². The highest BCUT2D eigenvalue weighted by atomic mass is 19.4. The molecule has 2 atom stereocenters. The number of benzene rings is 2. The minimum atomic E-state index is -4.40. The third-order valence-electron chi connectivity index (χ3n) is 7.07. The predicted molar refractivity (Wildman–Crippen MR) is 121 cm³/mol. The second-order valence-corrected chi connectivity index (χ2v) is 9.25. The van der Waals surface area contributed by atoms with Crippen LogP contribution in [0.2, 0.25) is 0 Å². The van der Waals surface area contributed by atoms with E-state index < -0.39 is 17.8 Å². The first kappa shape index (κ1) is 22.7. The van der Waals surface area contributed by atoms with Crippen molar-refractivity contribution in [2.75, 3.05) is 0 Å². The summed E-state index contributed by atoms with van der Waals surface area (Å²) >= 11 is 0. The number of aromatic amines is 1. The lowest BCUT2D eigenvalue weighted by molar-refractivity contribution is -0.137. The Kier molecular flexibility index (Phi) is 5.93. The number of aromatic nitrogens is 2. The first-order valence-electron chi connectivity index (χ1n) is 11.6. The fourth-order valence-electron chi connectivity index (χ4n) is 5.20. The van der Waals surface area contributed by atoms with Gasteiger partial charge in [0.2, 0.25) is 5.91 Å². The number of nitrogens with zero attached hydrogens (tertiary/aromatic N) is 1. The molecule has 178 valence electrons. The fourth-order valence-corrected chi connectivity index (χ4v) is 5.20. The molecule has 2 aromatic carbocycles. The lowest BCUT2D eigenvalue weighted by Gasteiger charge is -2.28. The standard InChI is InChI=1S/C26H26F3N3O2/c27-26(28,29)19-6-3-5-18(12-19)21-14-30-24(31-21)15-8-10-16(11-9-15)25(34)32-23-20-7-2-1-4-17(20)13-22(23)33/h1-7,12,14-16,22-23,33H,8-11,13H2,(H,30,31)(H,32,34). The third-order valence-corrected chi connectivity index (χ3v) is 7.07. The average Bonchev–Trinajstić information content (AvgIpc) is 3.44. The zero-order valence-electron chi connectivity index (χ0n) is 18.5. The van der Waals surface area contributed by atoms with Crippen LogP contribution in [0.15, 0.2) is 54.7 Å². The number of hydrogen-bond acceptors (Lipinski definition) is 3. The molecular formula is C26H26F3N3O2. The van der Waals surface area contributed by atoms with Crippen LogP contribution in [0.5, 0.6) is 0 Å². The predicted octanol–water partition coefficient (Wildman–Crippen LogP) is 5.14. The maximum atomic E-state index is 13.0. The van der Waals surface area contributed by atoms with Crippen molar-refractivity contribution in [2.45, 2.75) is 56.3 Å². The minimum Gasteiger partial charge on any atom is -0.390 e. The quantitative estimate of drug-likeness (QED) is 0.495. The number of halogens is 3. The van der Waals surface area contributed by atoms with E-state index >= 15 is 0 Å². The number of alkyl halides is 3. The highest BCUT2D eigenvalue weighted by molar-refractivity contribution is 5.79. The molecule has 2 aliphatic rings. The number of H-pyrrole nitrogens is 1. The van der Waals surface area contributed by atoms with Gasteiger partial charge in [-0.25, -0.2) is 4.98 Å². The van der Waals surface area contributed by atoms with E-state index in [9.17, 15) is 23.1 Å². The Morgan fingerprint density at radius 3 is 2.59 bits per heavy atom. The minimum absolute atomic E-state index is 0.0386. The summed E-state index contributed by atoms with van der Waals surface area (Å²) in [6, 6.07) is 12.6. The summed E-state index contributed by atoms with van der Waals surface area (Å²) in [6.45, 7) is 0. The van der Waals surface area contributed by atoms with Crippen LogP contribution in [0.25, 0.3) is 11.3 Å². The summed E-state index contributed by atoms with van der Waals surface area (Å²) in [7, 11) is 0. The lowest BCUT2D eigenvalue weighted by Crippen LogP contribution is -2.39. The number of hydrogen-bond donors (Lipinski definition) is 3. The van der Waals surface area contributed by atoms with Gasteiger partial charge in [-0.15, -0.1) is 0 Å². The van der Waals surface area contributed by atoms with E-state index in [0.717, 1.165) is 41.9 Å². The molecule has 0 spiro atoms. The van der Waals surface area contributed by atoms with Crippen molar-refractivity contribution >= 4 is 5.91 Å². The molecule has 8 heteroatoms. The molecule has 3 N–H and O–H groups in total. The van der Waals surface area contributed by atoms with Gasteiger partial charge >= 0.3 is 6.18 Å². The van der Waals surface area contributed by atoms with Gasteiger partial charge in [-0.3, -0.25) is 4.79 Å². The molecule has 0 radical (unpaired) electrons. The van der Waals surface area contributed by atoms with Gasteiger partial charge in [-0.2, -0.15) is 13.2 Å². The molecule has 1 aromatic heterocycles. The van der Waals surface area contributed by atoms with Gasteiger partial charge in [0.25, 0.3) is 0 Å². The molecule has 2 aliphatic carbocycles. The van der Waals surface area contributed by atoms with Crippen molar-refractivity contribution in [3.05, 3.63) is 77.2 Å². The van der Waals surface area contributed by atoms with Crippen molar-refractivity contribution in [3.8, 4) is 11.3 Å². The van der Waals surface area contributed by atoms with E-state index in [1.165, 1.54) is 6.07 Å². The molecule has 5 rings (SSSR count). The van der Waals surface area contributed by atoms with E-state index in [-0.39, 0.29) is 23.8 Å². The zero-order chi connectivity index (χ0) is 23.9.